The predicted octanol–water partition coefficient (Wildman–Crippen LogP) is 3.43. The second-order valence-corrected chi connectivity index (χ2v) is 5.86. The Hall–Kier alpha value is -1.81. The number of morpholine rings is 1. The molecule has 10 heteroatoms. The van der Waals surface area contributed by atoms with Gasteiger partial charge >= 0.3 is 18.3 Å². The van der Waals surface area contributed by atoms with Crippen molar-refractivity contribution in [3.63, 3.8) is 0 Å². The zero-order valence-electron chi connectivity index (χ0n) is 13.7. The summed E-state index contributed by atoms with van der Waals surface area (Å²) in [5.41, 5.74) is -0.649. The molecule has 0 bridgehead atoms. The third kappa shape index (κ3) is 5.10. The SMILES string of the molecule is COC(=O)[C@@H](CN1CCO[C@H](c2cccc(C(F)(F)F)c2)C1)C(F)(F)F. The summed E-state index contributed by atoms with van der Waals surface area (Å²) in [5.74, 6) is -3.73. The van der Waals surface area contributed by atoms with Gasteiger partial charge in [0.15, 0.2) is 5.92 Å². The summed E-state index contributed by atoms with van der Waals surface area (Å²) in [6.07, 6.45) is -10.1. The molecule has 1 aromatic rings. The maximum absolute atomic E-state index is 13.0. The van der Waals surface area contributed by atoms with E-state index < -0.39 is 42.5 Å². The van der Waals surface area contributed by atoms with Gasteiger partial charge in [0.25, 0.3) is 0 Å². The van der Waals surface area contributed by atoms with E-state index in [0.29, 0.717) is 0 Å². The van der Waals surface area contributed by atoms with E-state index in [1.807, 2.05) is 0 Å². The van der Waals surface area contributed by atoms with Gasteiger partial charge in [0.05, 0.1) is 25.4 Å². The van der Waals surface area contributed by atoms with Crippen molar-refractivity contribution >= 4 is 5.97 Å². The van der Waals surface area contributed by atoms with Crippen LogP contribution < -0.4 is 0 Å². The van der Waals surface area contributed by atoms with E-state index in [-0.39, 0.29) is 25.3 Å². The Morgan fingerprint density at radius 1 is 1.31 bits per heavy atom. The van der Waals surface area contributed by atoms with E-state index in [0.717, 1.165) is 19.2 Å². The van der Waals surface area contributed by atoms with E-state index >= 15 is 0 Å². The van der Waals surface area contributed by atoms with E-state index in [1.165, 1.54) is 17.0 Å². The van der Waals surface area contributed by atoms with Crippen LogP contribution in [0.1, 0.15) is 17.2 Å². The van der Waals surface area contributed by atoms with Crippen LogP contribution in [0.5, 0.6) is 0 Å². The van der Waals surface area contributed by atoms with Crippen LogP contribution in [-0.4, -0.2) is 50.4 Å². The zero-order valence-corrected chi connectivity index (χ0v) is 13.7. The molecule has 146 valence electrons. The van der Waals surface area contributed by atoms with Gasteiger partial charge in [-0.25, -0.2) is 0 Å². The Labute approximate surface area is 145 Å². The van der Waals surface area contributed by atoms with Crippen molar-refractivity contribution in [3.05, 3.63) is 35.4 Å². The smallest absolute Gasteiger partial charge is 0.416 e. The summed E-state index contributed by atoms with van der Waals surface area (Å²) >= 11 is 0. The van der Waals surface area contributed by atoms with Gasteiger partial charge < -0.3 is 9.47 Å². The molecular weight excluding hydrogens is 368 g/mol. The quantitative estimate of drug-likeness (QED) is 0.588. The lowest BCUT2D eigenvalue weighted by atomic mass is 10.0. The minimum atomic E-state index is -4.78. The highest BCUT2D eigenvalue weighted by Gasteiger charge is 2.47. The van der Waals surface area contributed by atoms with E-state index in [4.69, 9.17) is 4.74 Å². The molecule has 26 heavy (non-hydrogen) atoms. The van der Waals surface area contributed by atoms with Crippen LogP contribution >= 0.6 is 0 Å². The molecule has 0 saturated carbocycles. The van der Waals surface area contributed by atoms with Crippen LogP contribution in [0.25, 0.3) is 0 Å². The van der Waals surface area contributed by atoms with Gasteiger partial charge in [-0.15, -0.1) is 0 Å². The van der Waals surface area contributed by atoms with Crippen molar-refractivity contribution < 1.29 is 40.6 Å². The zero-order chi connectivity index (χ0) is 19.5. The second-order valence-electron chi connectivity index (χ2n) is 5.86. The van der Waals surface area contributed by atoms with Gasteiger partial charge in [-0.1, -0.05) is 12.1 Å². The fourth-order valence-electron chi connectivity index (χ4n) is 2.70. The van der Waals surface area contributed by atoms with Crippen LogP contribution in [0.3, 0.4) is 0 Å². The van der Waals surface area contributed by atoms with Crippen molar-refractivity contribution in [2.24, 2.45) is 5.92 Å². The lowest BCUT2D eigenvalue weighted by molar-refractivity contribution is -0.201. The number of nitrogens with zero attached hydrogens (tertiary/aromatic N) is 1. The topological polar surface area (TPSA) is 38.8 Å². The van der Waals surface area contributed by atoms with Gasteiger partial charge in [-0.2, -0.15) is 26.3 Å². The molecule has 1 saturated heterocycles. The summed E-state index contributed by atoms with van der Waals surface area (Å²) < 4.78 is 87.2. The largest absolute Gasteiger partial charge is 0.469 e. The van der Waals surface area contributed by atoms with E-state index in [2.05, 4.69) is 4.74 Å². The minimum absolute atomic E-state index is 0.0344. The van der Waals surface area contributed by atoms with Gasteiger partial charge in [-0.3, -0.25) is 9.69 Å². The summed E-state index contributed by atoms with van der Waals surface area (Å²) in [6.45, 7) is -0.550. The Morgan fingerprint density at radius 3 is 2.58 bits per heavy atom. The number of ether oxygens (including phenoxy) is 2. The van der Waals surface area contributed by atoms with Gasteiger partial charge in [0.1, 0.15) is 0 Å². The molecule has 0 amide bonds. The highest BCUT2D eigenvalue weighted by molar-refractivity contribution is 5.73. The molecular formula is C16H17F6NO3. The van der Waals surface area contributed by atoms with Gasteiger partial charge in [0, 0.05) is 19.6 Å². The Kier molecular flexibility index (Phi) is 6.17. The fourth-order valence-corrected chi connectivity index (χ4v) is 2.70. The number of halogens is 6. The Balaban J connectivity index is 2.13. The summed E-state index contributed by atoms with van der Waals surface area (Å²) in [7, 11) is 0.867. The number of carbonyl (C=O) groups is 1. The maximum Gasteiger partial charge on any atom is 0.416 e. The highest BCUT2D eigenvalue weighted by Crippen LogP contribution is 2.33. The number of alkyl halides is 6. The second kappa shape index (κ2) is 7.83. The average molecular weight is 385 g/mol. The third-order valence-corrected chi connectivity index (χ3v) is 4.06. The average Bonchev–Trinajstić information content (AvgIpc) is 2.57. The number of carbonyl (C=O) groups excluding carboxylic acids is 1. The molecule has 1 aliphatic rings. The molecule has 4 nitrogen and oxygen atoms in total. The first kappa shape index (κ1) is 20.5. The molecule has 0 spiro atoms. The fraction of sp³-hybridized carbons (Fsp3) is 0.562. The normalized spacial score (nSPS) is 20.7. The number of methoxy groups -OCH3 is 1. The van der Waals surface area contributed by atoms with Crippen LogP contribution in [0, 0.1) is 5.92 Å². The maximum atomic E-state index is 13.0. The molecule has 0 N–H and O–H groups in total. The van der Waals surface area contributed by atoms with Crippen LogP contribution in [0.2, 0.25) is 0 Å². The van der Waals surface area contributed by atoms with Crippen molar-refractivity contribution in [2.75, 3.05) is 33.4 Å². The van der Waals surface area contributed by atoms with Gasteiger partial charge in [-0.05, 0) is 17.7 Å². The first-order chi connectivity index (χ1) is 12.0. The van der Waals surface area contributed by atoms with E-state index in [1.54, 1.807) is 0 Å². The molecule has 1 aliphatic heterocycles. The number of rotatable bonds is 4. The molecule has 1 fully saturated rings. The van der Waals surface area contributed by atoms with Crippen LogP contribution in [0.15, 0.2) is 24.3 Å². The Bertz CT molecular complexity index is 631. The molecule has 0 radical (unpaired) electrons. The standard InChI is InChI=1S/C16H17F6NO3/c1-25-14(24)12(16(20,21)22)8-23-5-6-26-13(9-23)10-3-2-4-11(7-10)15(17,18)19/h2-4,7,12-13H,5-6,8-9H2,1H3/t12-,13+/m1/s1. The molecule has 0 aliphatic carbocycles. The van der Waals surface area contributed by atoms with Crippen molar-refractivity contribution in [2.45, 2.75) is 18.5 Å². The summed E-state index contributed by atoms with van der Waals surface area (Å²) in [6, 6.07) is 4.45. The monoisotopic (exact) mass is 385 g/mol. The first-order valence-electron chi connectivity index (χ1n) is 7.68. The van der Waals surface area contributed by atoms with E-state index in [9.17, 15) is 31.1 Å². The highest BCUT2D eigenvalue weighted by atomic mass is 19.4. The van der Waals surface area contributed by atoms with Crippen molar-refractivity contribution in [3.8, 4) is 0 Å². The van der Waals surface area contributed by atoms with Crippen molar-refractivity contribution in [1.29, 1.82) is 0 Å². The summed E-state index contributed by atoms with van der Waals surface area (Å²) in [5, 5.41) is 0. The lowest BCUT2D eigenvalue weighted by Crippen LogP contribution is -2.46. The third-order valence-electron chi connectivity index (χ3n) is 4.06. The lowest BCUT2D eigenvalue weighted by Gasteiger charge is -2.35. The minimum Gasteiger partial charge on any atom is -0.469 e. The molecule has 2 atom stereocenters. The van der Waals surface area contributed by atoms with Crippen molar-refractivity contribution in [1.82, 2.24) is 4.90 Å². The Morgan fingerprint density at radius 2 is 2.00 bits per heavy atom. The number of hydrogen-bond donors (Lipinski definition) is 0. The number of hydrogen-bond acceptors (Lipinski definition) is 4. The molecule has 0 aromatic heterocycles. The first-order valence-corrected chi connectivity index (χ1v) is 7.68. The predicted molar refractivity (Wildman–Crippen MR) is 78.1 cm³/mol. The molecule has 0 unspecified atom stereocenters. The molecule has 2 rings (SSSR count). The number of esters is 1. The molecule has 1 heterocycles. The van der Waals surface area contributed by atoms with Gasteiger partial charge in [0.2, 0.25) is 0 Å². The molecule has 1 aromatic carbocycles. The summed E-state index contributed by atoms with van der Waals surface area (Å²) in [4.78, 5) is 12.8. The van der Waals surface area contributed by atoms with Crippen LogP contribution in [0.4, 0.5) is 26.3 Å². The number of benzene rings is 1. The van der Waals surface area contributed by atoms with Crippen LogP contribution in [-0.2, 0) is 20.4 Å².